The highest BCUT2D eigenvalue weighted by Crippen LogP contribution is 2.14. The third kappa shape index (κ3) is 1.63. The molecule has 0 amide bonds. The first-order valence-electron chi connectivity index (χ1n) is 2.93. The molecule has 2 aromatic heterocycles. The molecule has 0 unspecified atom stereocenters. The Morgan fingerprint density at radius 1 is 1.17 bits per heavy atom. The molecule has 6 heteroatoms. The van der Waals surface area contributed by atoms with Gasteiger partial charge in [0.05, 0.1) is 5.52 Å². The van der Waals surface area contributed by atoms with Crippen molar-refractivity contribution in [3.05, 3.63) is 22.6 Å². The Hall–Kier alpha value is -0.510. The predicted molar refractivity (Wildman–Crippen MR) is 51.2 cm³/mol. The molecule has 0 aliphatic heterocycles. The second kappa shape index (κ2) is 3.47. The van der Waals surface area contributed by atoms with Gasteiger partial charge in [0.2, 0.25) is 5.28 Å². The standard InChI is InChI=1S/C6H3Cl2N3.ClH/c7-4-2-1-3-5(10-4)11-6(8)9-3;/h1-2H,(H,9,10,11);1H. The van der Waals surface area contributed by atoms with Gasteiger partial charge in [0.15, 0.2) is 5.65 Å². The molecule has 0 aromatic carbocycles. The number of imidazole rings is 1. The number of rotatable bonds is 0. The van der Waals surface area contributed by atoms with Crippen molar-refractivity contribution in [3.8, 4) is 0 Å². The number of nitrogens with one attached hydrogen (secondary N) is 1. The summed E-state index contributed by atoms with van der Waals surface area (Å²) < 4.78 is 0. The smallest absolute Gasteiger partial charge is 0.202 e. The van der Waals surface area contributed by atoms with E-state index in [9.17, 15) is 0 Å². The minimum atomic E-state index is 0. The largest absolute Gasteiger partial charge is 0.327 e. The summed E-state index contributed by atoms with van der Waals surface area (Å²) in [6, 6.07) is 3.46. The van der Waals surface area contributed by atoms with Crippen LogP contribution >= 0.6 is 35.6 Å². The number of H-pyrrole nitrogens is 1. The molecule has 2 heterocycles. The Balaban J connectivity index is 0.000000720. The van der Waals surface area contributed by atoms with Gasteiger partial charge in [0, 0.05) is 0 Å². The third-order valence-corrected chi connectivity index (χ3v) is 1.67. The zero-order valence-corrected chi connectivity index (χ0v) is 8.04. The molecule has 12 heavy (non-hydrogen) atoms. The summed E-state index contributed by atoms with van der Waals surface area (Å²) in [4.78, 5) is 10.6. The SMILES string of the molecule is Cl.Clc1ccc2[nH]c(Cl)nc2n1. The molecule has 64 valence electrons. The van der Waals surface area contributed by atoms with Crippen LogP contribution in [-0.4, -0.2) is 15.0 Å². The Labute approximate surface area is 84.5 Å². The number of hydrogen-bond donors (Lipinski definition) is 1. The maximum atomic E-state index is 5.62. The van der Waals surface area contributed by atoms with Gasteiger partial charge in [0.25, 0.3) is 0 Å². The fourth-order valence-electron chi connectivity index (χ4n) is 0.840. The van der Waals surface area contributed by atoms with Gasteiger partial charge in [-0.05, 0) is 23.7 Å². The van der Waals surface area contributed by atoms with Crippen molar-refractivity contribution in [3.63, 3.8) is 0 Å². The van der Waals surface area contributed by atoms with Crippen LogP contribution in [0.5, 0.6) is 0 Å². The fourth-order valence-corrected chi connectivity index (χ4v) is 1.17. The number of halogens is 3. The summed E-state index contributed by atoms with van der Waals surface area (Å²) in [7, 11) is 0. The molecule has 0 saturated heterocycles. The van der Waals surface area contributed by atoms with Crippen molar-refractivity contribution in [1.82, 2.24) is 15.0 Å². The molecule has 0 aliphatic rings. The van der Waals surface area contributed by atoms with Gasteiger partial charge in [-0.25, -0.2) is 4.98 Å². The number of fused-ring (bicyclic) bond motifs is 1. The van der Waals surface area contributed by atoms with Crippen LogP contribution in [0.25, 0.3) is 11.2 Å². The van der Waals surface area contributed by atoms with E-state index in [1.54, 1.807) is 12.1 Å². The van der Waals surface area contributed by atoms with Gasteiger partial charge in [-0.2, -0.15) is 4.98 Å². The van der Waals surface area contributed by atoms with Crippen molar-refractivity contribution in [2.24, 2.45) is 0 Å². The number of aromatic amines is 1. The first-order chi connectivity index (χ1) is 5.25. The van der Waals surface area contributed by atoms with E-state index in [0.29, 0.717) is 16.1 Å². The van der Waals surface area contributed by atoms with Gasteiger partial charge in [0.1, 0.15) is 5.15 Å². The second-order valence-corrected chi connectivity index (χ2v) is 2.78. The average Bonchev–Trinajstić information content (AvgIpc) is 2.27. The fraction of sp³-hybridized carbons (Fsp3) is 0. The van der Waals surface area contributed by atoms with Crippen LogP contribution in [0.3, 0.4) is 0 Å². The zero-order chi connectivity index (χ0) is 7.84. The van der Waals surface area contributed by atoms with Crippen LogP contribution in [-0.2, 0) is 0 Å². The molecular weight excluding hydrogens is 220 g/mol. The van der Waals surface area contributed by atoms with Crippen LogP contribution in [0, 0.1) is 0 Å². The number of aromatic nitrogens is 3. The monoisotopic (exact) mass is 223 g/mol. The predicted octanol–water partition coefficient (Wildman–Crippen LogP) is 2.69. The molecule has 2 rings (SSSR count). The van der Waals surface area contributed by atoms with E-state index < -0.39 is 0 Å². The normalized spacial score (nSPS) is 9.83. The zero-order valence-electron chi connectivity index (χ0n) is 5.71. The minimum Gasteiger partial charge on any atom is -0.327 e. The van der Waals surface area contributed by atoms with Crippen LogP contribution in [0.4, 0.5) is 0 Å². The number of hydrogen-bond acceptors (Lipinski definition) is 2. The molecule has 3 nitrogen and oxygen atoms in total. The molecule has 0 saturated carbocycles. The topological polar surface area (TPSA) is 41.6 Å². The maximum absolute atomic E-state index is 5.62. The van der Waals surface area contributed by atoms with E-state index in [-0.39, 0.29) is 12.4 Å². The van der Waals surface area contributed by atoms with E-state index in [0.717, 1.165) is 5.52 Å². The van der Waals surface area contributed by atoms with E-state index in [1.807, 2.05) is 0 Å². The Kier molecular flexibility index (Phi) is 2.77. The van der Waals surface area contributed by atoms with Gasteiger partial charge in [-0.3, -0.25) is 0 Å². The molecule has 1 N–H and O–H groups in total. The summed E-state index contributed by atoms with van der Waals surface area (Å²) in [5, 5.41) is 0.746. The molecule has 0 spiro atoms. The van der Waals surface area contributed by atoms with Crippen molar-refractivity contribution in [2.45, 2.75) is 0 Å². The number of pyridine rings is 1. The Morgan fingerprint density at radius 3 is 2.67 bits per heavy atom. The van der Waals surface area contributed by atoms with Crippen molar-refractivity contribution in [2.75, 3.05) is 0 Å². The second-order valence-electron chi connectivity index (χ2n) is 2.03. The van der Waals surface area contributed by atoms with Crippen LogP contribution in [0.1, 0.15) is 0 Å². The van der Waals surface area contributed by atoms with Crippen LogP contribution in [0.15, 0.2) is 12.1 Å². The molecule has 0 bridgehead atoms. The van der Waals surface area contributed by atoms with E-state index >= 15 is 0 Å². The van der Waals surface area contributed by atoms with Gasteiger partial charge >= 0.3 is 0 Å². The Bertz CT molecular complexity index is 398. The third-order valence-electron chi connectivity index (χ3n) is 1.28. The molecule has 0 fully saturated rings. The molecule has 2 aromatic rings. The maximum Gasteiger partial charge on any atom is 0.202 e. The van der Waals surface area contributed by atoms with Gasteiger partial charge in [-0.1, -0.05) is 11.6 Å². The summed E-state index contributed by atoms with van der Waals surface area (Å²) in [6.07, 6.45) is 0. The van der Waals surface area contributed by atoms with Gasteiger partial charge < -0.3 is 4.98 Å². The molecule has 0 aliphatic carbocycles. The highest BCUT2D eigenvalue weighted by Gasteiger charge is 2.00. The summed E-state index contributed by atoms with van der Waals surface area (Å²) >= 11 is 11.2. The molecular formula is C6H4Cl3N3. The highest BCUT2D eigenvalue weighted by atomic mass is 35.5. The average molecular weight is 224 g/mol. The summed E-state index contributed by atoms with van der Waals surface area (Å²) in [5.74, 6) is 0. The molecule has 0 radical (unpaired) electrons. The first kappa shape index (κ1) is 9.58. The van der Waals surface area contributed by atoms with Crippen LogP contribution in [0.2, 0.25) is 10.4 Å². The summed E-state index contributed by atoms with van der Waals surface area (Å²) in [5.41, 5.74) is 1.34. The van der Waals surface area contributed by atoms with E-state index in [1.165, 1.54) is 0 Å². The van der Waals surface area contributed by atoms with E-state index in [4.69, 9.17) is 23.2 Å². The summed E-state index contributed by atoms with van der Waals surface area (Å²) in [6.45, 7) is 0. The van der Waals surface area contributed by atoms with Gasteiger partial charge in [-0.15, -0.1) is 12.4 Å². The minimum absolute atomic E-state index is 0. The lowest BCUT2D eigenvalue weighted by atomic mass is 10.4. The molecule has 0 atom stereocenters. The van der Waals surface area contributed by atoms with Crippen molar-refractivity contribution >= 4 is 46.8 Å². The van der Waals surface area contributed by atoms with Crippen LogP contribution < -0.4 is 0 Å². The first-order valence-corrected chi connectivity index (χ1v) is 3.69. The van der Waals surface area contributed by atoms with E-state index in [2.05, 4.69) is 15.0 Å². The van der Waals surface area contributed by atoms with Crippen molar-refractivity contribution in [1.29, 1.82) is 0 Å². The quantitative estimate of drug-likeness (QED) is 0.699. The van der Waals surface area contributed by atoms with Crippen molar-refractivity contribution < 1.29 is 0 Å². The highest BCUT2D eigenvalue weighted by molar-refractivity contribution is 6.30. The Morgan fingerprint density at radius 2 is 1.92 bits per heavy atom. The lowest BCUT2D eigenvalue weighted by molar-refractivity contribution is 1.30. The number of nitrogens with zero attached hydrogens (tertiary/aromatic N) is 2. The lowest BCUT2D eigenvalue weighted by Crippen LogP contribution is -1.75. The lowest BCUT2D eigenvalue weighted by Gasteiger charge is -1.86.